The Morgan fingerprint density at radius 3 is 2.44 bits per heavy atom. The summed E-state index contributed by atoms with van der Waals surface area (Å²) in [6.45, 7) is 6.34. The molecule has 1 fully saturated rings. The molecule has 1 atom stereocenters. The number of halogens is 5. The van der Waals surface area contributed by atoms with Gasteiger partial charge in [0.1, 0.15) is 5.60 Å². The van der Waals surface area contributed by atoms with Crippen LogP contribution >= 0.6 is 23.2 Å². The Bertz CT molecular complexity index is 1850. The smallest absolute Gasteiger partial charge is 0.416 e. The first-order valence-electron chi connectivity index (χ1n) is 14.1. The van der Waals surface area contributed by atoms with Crippen LogP contribution < -0.4 is 16.6 Å². The van der Waals surface area contributed by atoms with Gasteiger partial charge in [-0.1, -0.05) is 30.1 Å². The van der Waals surface area contributed by atoms with Crippen LogP contribution in [0.2, 0.25) is 10.0 Å². The minimum atomic E-state index is -4.92. The number of carbonyl (C=O) groups excluding carboxylic acids is 1. The number of alkyl carbamates (subject to hydrolysis) is 1. The van der Waals surface area contributed by atoms with Crippen LogP contribution in [0.3, 0.4) is 0 Å². The molecular formula is C29H33Cl2F3N4O6S. The lowest BCUT2D eigenvalue weighted by atomic mass is 10.0. The third-order valence-corrected chi connectivity index (χ3v) is 9.78. The van der Waals surface area contributed by atoms with E-state index in [0.29, 0.717) is 30.0 Å². The molecule has 1 aliphatic rings. The molecule has 16 heteroatoms. The predicted molar refractivity (Wildman–Crippen MR) is 165 cm³/mol. The van der Waals surface area contributed by atoms with Gasteiger partial charge in [-0.15, -0.1) is 0 Å². The second-order valence-electron chi connectivity index (χ2n) is 11.8. The van der Waals surface area contributed by atoms with E-state index in [1.54, 1.807) is 25.7 Å². The van der Waals surface area contributed by atoms with Crippen molar-refractivity contribution in [3.05, 3.63) is 71.8 Å². The first kappa shape index (κ1) is 34.8. The van der Waals surface area contributed by atoms with Gasteiger partial charge in [-0.05, 0) is 75.5 Å². The van der Waals surface area contributed by atoms with Gasteiger partial charge in [-0.2, -0.15) is 13.2 Å². The van der Waals surface area contributed by atoms with Crippen LogP contribution in [0.1, 0.15) is 57.2 Å². The Hall–Kier alpha value is -3.07. The number of sulfone groups is 1. The van der Waals surface area contributed by atoms with Crippen LogP contribution in [0.15, 0.2) is 38.8 Å². The highest BCUT2D eigenvalue weighted by Gasteiger charge is 2.37. The quantitative estimate of drug-likeness (QED) is 0.342. The van der Waals surface area contributed by atoms with E-state index < -0.39 is 61.5 Å². The molecular weight excluding hydrogens is 660 g/mol. The van der Waals surface area contributed by atoms with Gasteiger partial charge in [-0.25, -0.2) is 18.0 Å². The summed E-state index contributed by atoms with van der Waals surface area (Å²) in [5.41, 5.74) is -4.57. The molecule has 1 saturated heterocycles. The summed E-state index contributed by atoms with van der Waals surface area (Å²) in [6.07, 6.45) is -4.39. The van der Waals surface area contributed by atoms with Gasteiger partial charge in [0.2, 0.25) is 0 Å². The molecule has 0 radical (unpaired) electrons. The minimum Gasteiger partial charge on any atom is -0.444 e. The number of hydrogen-bond donors (Lipinski definition) is 2. The Kier molecular flexibility index (Phi) is 10.0. The highest BCUT2D eigenvalue weighted by molar-refractivity contribution is 7.91. The molecule has 0 aliphatic carbocycles. The average molecular weight is 694 g/mol. The van der Waals surface area contributed by atoms with Crippen molar-refractivity contribution in [3.63, 3.8) is 0 Å². The van der Waals surface area contributed by atoms with Gasteiger partial charge in [0.05, 0.1) is 38.7 Å². The molecule has 0 saturated carbocycles. The number of fused-ring (bicyclic) bond motifs is 1. The van der Waals surface area contributed by atoms with Gasteiger partial charge in [0.15, 0.2) is 9.84 Å². The molecule has 45 heavy (non-hydrogen) atoms. The summed E-state index contributed by atoms with van der Waals surface area (Å²) < 4.78 is 74.5. The Morgan fingerprint density at radius 2 is 1.82 bits per heavy atom. The van der Waals surface area contributed by atoms with E-state index in [1.807, 2.05) is 0 Å². The number of alkyl halides is 3. The summed E-state index contributed by atoms with van der Waals surface area (Å²) in [5, 5.41) is 1.94. The largest absolute Gasteiger partial charge is 0.444 e. The highest BCUT2D eigenvalue weighted by Crippen LogP contribution is 2.39. The number of likely N-dealkylation sites (tertiary alicyclic amines) is 1. The molecule has 2 N–H and O–H groups in total. The van der Waals surface area contributed by atoms with E-state index in [4.69, 9.17) is 27.9 Å². The van der Waals surface area contributed by atoms with Crippen LogP contribution in [0.25, 0.3) is 10.9 Å². The normalized spacial score (nSPS) is 16.6. The van der Waals surface area contributed by atoms with E-state index in [2.05, 4.69) is 10.3 Å². The van der Waals surface area contributed by atoms with Crippen molar-refractivity contribution < 1.29 is 31.1 Å². The average Bonchev–Trinajstić information content (AvgIpc) is 2.91. The van der Waals surface area contributed by atoms with Crippen molar-refractivity contribution in [3.8, 4) is 0 Å². The van der Waals surface area contributed by atoms with Crippen molar-refractivity contribution in [2.24, 2.45) is 0 Å². The molecule has 246 valence electrons. The third-order valence-electron chi connectivity index (χ3n) is 7.30. The number of ether oxygens (including phenoxy) is 1. The summed E-state index contributed by atoms with van der Waals surface area (Å²) in [5.74, 6) is -0.271. The van der Waals surface area contributed by atoms with E-state index >= 15 is 0 Å². The molecule has 4 rings (SSSR count). The lowest BCUT2D eigenvalue weighted by Crippen LogP contribution is -2.48. The predicted octanol–water partition coefficient (Wildman–Crippen LogP) is 5.35. The SMILES string of the molecule is CCS(=O)(=O)c1ccc(Cl)cc1Cn1c(=O)[nH]c2c(Cl)c(CN3CCC[C@@H](NC(=O)OC(C)(C)C)C3)c(C(F)(F)F)cc2c1=O. The van der Waals surface area contributed by atoms with Gasteiger partial charge in [0.25, 0.3) is 5.56 Å². The van der Waals surface area contributed by atoms with Crippen molar-refractivity contribution in [2.45, 2.75) is 76.3 Å². The van der Waals surface area contributed by atoms with E-state index in [1.165, 1.54) is 25.1 Å². The number of amides is 1. The molecule has 2 heterocycles. The fourth-order valence-corrected chi connectivity index (χ4v) is 6.88. The number of H-pyrrole nitrogens is 1. The second-order valence-corrected chi connectivity index (χ2v) is 14.9. The number of aromatic nitrogens is 2. The fourth-order valence-electron chi connectivity index (χ4n) is 5.26. The van der Waals surface area contributed by atoms with Gasteiger partial charge in [-0.3, -0.25) is 14.3 Å². The summed E-state index contributed by atoms with van der Waals surface area (Å²) in [7, 11) is -3.80. The molecule has 0 unspecified atom stereocenters. The number of hydrogen-bond acceptors (Lipinski definition) is 7. The minimum absolute atomic E-state index is 0.0229. The Balaban J connectivity index is 1.75. The lowest BCUT2D eigenvalue weighted by Gasteiger charge is -2.34. The van der Waals surface area contributed by atoms with Crippen LogP contribution in [0.5, 0.6) is 0 Å². The van der Waals surface area contributed by atoms with E-state index in [0.717, 1.165) is 0 Å². The number of carbonyl (C=O) groups is 1. The molecule has 10 nitrogen and oxygen atoms in total. The molecule has 1 aromatic heterocycles. The highest BCUT2D eigenvalue weighted by atomic mass is 35.5. The maximum absolute atomic E-state index is 14.4. The molecule has 3 aromatic rings. The van der Waals surface area contributed by atoms with Crippen LogP contribution in [0.4, 0.5) is 18.0 Å². The first-order valence-corrected chi connectivity index (χ1v) is 16.5. The summed E-state index contributed by atoms with van der Waals surface area (Å²) in [6, 6.07) is 4.13. The van der Waals surface area contributed by atoms with Crippen LogP contribution in [0, 0.1) is 0 Å². The number of rotatable bonds is 7. The van der Waals surface area contributed by atoms with Gasteiger partial charge < -0.3 is 15.0 Å². The zero-order valence-corrected chi connectivity index (χ0v) is 27.3. The lowest BCUT2D eigenvalue weighted by molar-refractivity contribution is -0.138. The number of nitrogens with zero attached hydrogens (tertiary/aromatic N) is 2. The van der Waals surface area contributed by atoms with Crippen molar-refractivity contribution >= 4 is 50.0 Å². The number of benzene rings is 2. The standard InChI is InChI=1S/C29H33Cl2F3N4O6S/c1-5-45(42,43)22-9-8-17(30)11-16(22)13-38-25(39)19-12-21(29(32,33)34)20(23(31)24(19)36-26(38)40)15-37-10-6-7-18(14-37)35-27(41)44-28(2,3)4/h8-9,11-12,18H,5-7,10,13-15H2,1-4H3,(H,35,41)(H,36,40)/t18-/m1/s1. The maximum atomic E-state index is 14.4. The van der Waals surface area contributed by atoms with Gasteiger partial charge in [0, 0.05) is 24.2 Å². The van der Waals surface area contributed by atoms with Crippen molar-refractivity contribution in [1.82, 2.24) is 19.8 Å². The molecule has 0 spiro atoms. The summed E-state index contributed by atoms with van der Waals surface area (Å²) in [4.78, 5) is 42.9. The number of piperidine rings is 1. The third kappa shape index (κ3) is 8.02. The molecule has 1 aliphatic heterocycles. The molecule has 1 amide bonds. The van der Waals surface area contributed by atoms with E-state index in [9.17, 15) is 36.0 Å². The summed E-state index contributed by atoms with van der Waals surface area (Å²) >= 11 is 12.6. The monoisotopic (exact) mass is 692 g/mol. The van der Waals surface area contributed by atoms with Crippen LogP contribution in [-0.2, 0) is 33.8 Å². The number of aromatic amines is 1. The number of nitrogens with one attached hydrogen (secondary N) is 2. The fraction of sp³-hybridized carbons (Fsp3) is 0.483. The Morgan fingerprint density at radius 1 is 1.13 bits per heavy atom. The first-order chi connectivity index (χ1) is 20.8. The van der Waals surface area contributed by atoms with Crippen molar-refractivity contribution in [1.29, 1.82) is 0 Å². The van der Waals surface area contributed by atoms with Gasteiger partial charge >= 0.3 is 18.0 Å². The van der Waals surface area contributed by atoms with Crippen molar-refractivity contribution in [2.75, 3.05) is 18.8 Å². The van der Waals surface area contributed by atoms with E-state index in [-0.39, 0.29) is 51.4 Å². The zero-order valence-electron chi connectivity index (χ0n) is 25.0. The molecule has 2 aromatic carbocycles. The van der Waals surface area contributed by atoms with Crippen LogP contribution in [-0.4, -0.2) is 59.4 Å². The molecule has 0 bridgehead atoms. The topological polar surface area (TPSA) is 131 Å². The maximum Gasteiger partial charge on any atom is 0.416 e. The Labute approximate surface area is 267 Å². The second kappa shape index (κ2) is 13.0. The zero-order chi connectivity index (χ0) is 33.5.